The summed E-state index contributed by atoms with van der Waals surface area (Å²) in [6.07, 6.45) is 6.27. The van der Waals surface area contributed by atoms with Gasteiger partial charge in [-0.15, -0.1) is 0 Å². The molecule has 1 aromatic carbocycles. The second-order valence-electron chi connectivity index (χ2n) is 5.07. The van der Waals surface area contributed by atoms with Gasteiger partial charge in [-0.25, -0.2) is 4.39 Å². The van der Waals surface area contributed by atoms with Gasteiger partial charge in [0.25, 0.3) is 0 Å². The van der Waals surface area contributed by atoms with E-state index in [9.17, 15) is 4.39 Å². The Kier molecular flexibility index (Phi) is 4.16. The van der Waals surface area contributed by atoms with Crippen molar-refractivity contribution in [1.29, 1.82) is 0 Å². The number of hydrogen-bond acceptors (Lipinski definition) is 1. The zero-order valence-corrected chi connectivity index (χ0v) is 10.5. The summed E-state index contributed by atoms with van der Waals surface area (Å²) in [5.41, 5.74) is 1.64. The number of benzene rings is 1. The molecule has 2 rings (SSSR count). The minimum absolute atomic E-state index is 0.205. The molecule has 1 aromatic rings. The molecule has 0 aliphatic heterocycles. The van der Waals surface area contributed by atoms with Crippen LogP contribution in [0, 0.1) is 11.7 Å². The van der Waals surface area contributed by atoms with Crippen molar-refractivity contribution >= 4 is 0 Å². The van der Waals surface area contributed by atoms with E-state index in [1.807, 2.05) is 12.1 Å². The van der Waals surface area contributed by atoms with Gasteiger partial charge in [-0.3, -0.25) is 0 Å². The maximum Gasteiger partial charge on any atom is 0.128 e. The van der Waals surface area contributed by atoms with Crippen molar-refractivity contribution in [3.63, 3.8) is 0 Å². The van der Waals surface area contributed by atoms with Gasteiger partial charge in [-0.05, 0) is 36.3 Å². The fourth-order valence-electron chi connectivity index (χ4n) is 3.08. The van der Waals surface area contributed by atoms with E-state index in [1.54, 1.807) is 0 Å². The molecule has 17 heavy (non-hydrogen) atoms. The van der Waals surface area contributed by atoms with Crippen molar-refractivity contribution in [2.45, 2.75) is 51.6 Å². The van der Waals surface area contributed by atoms with Crippen molar-refractivity contribution in [3.05, 3.63) is 35.1 Å². The van der Waals surface area contributed by atoms with Crippen molar-refractivity contribution in [1.82, 2.24) is 0 Å². The van der Waals surface area contributed by atoms with E-state index in [4.69, 9.17) is 5.11 Å². The van der Waals surface area contributed by atoms with Crippen LogP contribution in [-0.4, -0.2) is 5.11 Å². The molecule has 0 saturated heterocycles. The zero-order chi connectivity index (χ0) is 12.3. The Morgan fingerprint density at radius 1 is 1.29 bits per heavy atom. The smallest absolute Gasteiger partial charge is 0.128 e. The number of halogens is 1. The number of rotatable bonds is 3. The van der Waals surface area contributed by atoms with E-state index in [0.29, 0.717) is 11.5 Å². The highest BCUT2D eigenvalue weighted by molar-refractivity contribution is 5.28. The van der Waals surface area contributed by atoms with Gasteiger partial charge in [0.1, 0.15) is 5.82 Å². The summed E-state index contributed by atoms with van der Waals surface area (Å²) in [4.78, 5) is 0. The molecular formula is C15H21FO. The minimum Gasteiger partial charge on any atom is -0.392 e. The molecule has 2 atom stereocenters. The Balaban J connectivity index is 2.25. The lowest BCUT2D eigenvalue weighted by atomic mass is 9.74. The molecule has 0 aromatic heterocycles. The fourth-order valence-corrected chi connectivity index (χ4v) is 3.08. The molecule has 0 heterocycles. The second-order valence-corrected chi connectivity index (χ2v) is 5.07. The van der Waals surface area contributed by atoms with Crippen LogP contribution < -0.4 is 0 Å². The van der Waals surface area contributed by atoms with E-state index in [-0.39, 0.29) is 12.4 Å². The Hall–Kier alpha value is -0.890. The van der Waals surface area contributed by atoms with Gasteiger partial charge in [-0.1, -0.05) is 38.3 Å². The highest BCUT2D eigenvalue weighted by atomic mass is 19.1. The van der Waals surface area contributed by atoms with Crippen LogP contribution in [0.3, 0.4) is 0 Å². The monoisotopic (exact) mass is 236 g/mol. The molecule has 2 heteroatoms. The standard InChI is InChI=1S/C15H21FO/c1-2-11-5-3-4-6-14(11)12-7-8-15(16)13(9-12)10-17/h7-9,11,14,17H,2-6,10H2,1H3/t11-,14-/m1/s1. The number of hydrogen-bond donors (Lipinski definition) is 1. The Bertz CT molecular complexity index is 375. The molecule has 0 radical (unpaired) electrons. The van der Waals surface area contributed by atoms with E-state index in [1.165, 1.54) is 43.7 Å². The van der Waals surface area contributed by atoms with E-state index >= 15 is 0 Å². The maximum atomic E-state index is 13.4. The second kappa shape index (κ2) is 5.63. The quantitative estimate of drug-likeness (QED) is 0.841. The summed E-state index contributed by atoms with van der Waals surface area (Å²) in [5.74, 6) is 0.987. The van der Waals surface area contributed by atoms with Crippen molar-refractivity contribution in [3.8, 4) is 0 Å². The Morgan fingerprint density at radius 3 is 2.76 bits per heavy atom. The average molecular weight is 236 g/mol. The molecule has 94 valence electrons. The molecule has 0 spiro atoms. The third-order valence-electron chi connectivity index (χ3n) is 4.10. The maximum absolute atomic E-state index is 13.4. The SMILES string of the molecule is CC[C@@H]1CCCC[C@H]1c1ccc(F)c(CO)c1. The van der Waals surface area contributed by atoms with Crippen LogP contribution in [-0.2, 0) is 6.61 Å². The first-order chi connectivity index (χ1) is 8.26. The number of aliphatic hydroxyl groups is 1. The largest absolute Gasteiger partial charge is 0.392 e. The Morgan fingerprint density at radius 2 is 2.06 bits per heavy atom. The van der Waals surface area contributed by atoms with Gasteiger partial charge in [0.05, 0.1) is 6.61 Å². The summed E-state index contributed by atoms with van der Waals surface area (Å²) in [6, 6.07) is 5.25. The predicted octanol–water partition coefficient (Wildman–Crippen LogP) is 4.00. The first-order valence-corrected chi connectivity index (χ1v) is 6.65. The molecule has 0 amide bonds. The molecule has 0 bridgehead atoms. The van der Waals surface area contributed by atoms with Crippen LogP contribution in [0.15, 0.2) is 18.2 Å². The molecule has 1 N–H and O–H groups in total. The van der Waals surface area contributed by atoms with Crippen LogP contribution in [0.5, 0.6) is 0 Å². The van der Waals surface area contributed by atoms with Crippen LogP contribution in [0.25, 0.3) is 0 Å². The van der Waals surface area contributed by atoms with Crippen LogP contribution in [0.4, 0.5) is 4.39 Å². The third-order valence-corrected chi connectivity index (χ3v) is 4.10. The normalized spacial score (nSPS) is 24.9. The molecule has 1 aliphatic carbocycles. The van der Waals surface area contributed by atoms with Gasteiger partial charge in [0, 0.05) is 5.56 Å². The van der Waals surface area contributed by atoms with Crippen LogP contribution in [0.1, 0.15) is 56.1 Å². The zero-order valence-electron chi connectivity index (χ0n) is 10.5. The van der Waals surface area contributed by atoms with Crippen molar-refractivity contribution in [2.24, 2.45) is 5.92 Å². The molecule has 1 fully saturated rings. The van der Waals surface area contributed by atoms with E-state index < -0.39 is 0 Å². The topological polar surface area (TPSA) is 20.2 Å². The summed E-state index contributed by atoms with van der Waals surface area (Å²) in [6.45, 7) is 2.03. The number of aliphatic hydroxyl groups excluding tert-OH is 1. The highest BCUT2D eigenvalue weighted by Gasteiger charge is 2.25. The van der Waals surface area contributed by atoms with Gasteiger partial charge in [-0.2, -0.15) is 0 Å². The fraction of sp³-hybridized carbons (Fsp3) is 0.600. The molecule has 1 nitrogen and oxygen atoms in total. The Labute approximate surface area is 103 Å². The third kappa shape index (κ3) is 2.68. The molecular weight excluding hydrogens is 215 g/mol. The van der Waals surface area contributed by atoms with Crippen LogP contribution >= 0.6 is 0 Å². The van der Waals surface area contributed by atoms with Crippen molar-refractivity contribution < 1.29 is 9.50 Å². The summed E-state index contributed by atoms with van der Waals surface area (Å²) in [5, 5.41) is 9.12. The first-order valence-electron chi connectivity index (χ1n) is 6.65. The average Bonchev–Trinajstić information content (AvgIpc) is 2.39. The van der Waals surface area contributed by atoms with E-state index in [0.717, 1.165) is 5.92 Å². The van der Waals surface area contributed by atoms with Gasteiger partial charge in [0.2, 0.25) is 0 Å². The van der Waals surface area contributed by atoms with Gasteiger partial charge in [0.15, 0.2) is 0 Å². The lowest BCUT2D eigenvalue weighted by Crippen LogP contribution is -2.17. The van der Waals surface area contributed by atoms with Crippen LogP contribution in [0.2, 0.25) is 0 Å². The first kappa shape index (κ1) is 12.6. The highest BCUT2D eigenvalue weighted by Crippen LogP contribution is 2.39. The summed E-state index contributed by atoms with van der Waals surface area (Å²) >= 11 is 0. The van der Waals surface area contributed by atoms with Gasteiger partial charge < -0.3 is 5.11 Å². The summed E-state index contributed by atoms with van der Waals surface area (Å²) < 4.78 is 13.4. The molecule has 1 saturated carbocycles. The lowest BCUT2D eigenvalue weighted by Gasteiger charge is -2.31. The van der Waals surface area contributed by atoms with E-state index in [2.05, 4.69) is 6.92 Å². The van der Waals surface area contributed by atoms with Gasteiger partial charge >= 0.3 is 0 Å². The minimum atomic E-state index is -0.292. The summed E-state index contributed by atoms with van der Waals surface area (Å²) in [7, 11) is 0. The lowest BCUT2D eigenvalue weighted by molar-refractivity contribution is 0.273. The predicted molar refractivity (Wildman–Crippen MR) is 67.3 cm³/mol. The van der Waals surface area contributed by atoms with Crippen molar-refractivity contribution in [2.75, 3.05) is 0 Å². The molecule has 0 unspecified atom stereocenters. The molecule has 1 aliphatic rings.